The van der Waals surface area contributed by atoms with Gasteiger partial charge in [-0.25, -0.2) is 0 Å². The summed E-state index contributed by atoms with van der Waals surface area (Å²) < 4.78 is 0. The summed E-state index contributed by atoms with van der Waals surface area (Å²) >= 11 is 0. The van der Waals surface area contributed by atoms with Crippen LogP contribution in [-0.4, -0.2) is 21.9 Å². The van der Waals surface area contributed by atoms with Crippen LogP contribution in [0, 0.1) is 23.2 Å². The average Bonchev–Trinajstić information content (AvgIpc) is 2.83. The number of hydrogen-bond donors (Lipinski definition) is 2. The van der Waals surface area contributed by atoms with Crippen LogP contribution in [0.15, 0.2) is 23.3 Å². The van der Waals surface area contributed by atoms with Crippen LogP contribution in [0.5, 0.6) is 0 Å². The standard InChI is InChI=1S/C20H30O2/c1-13-10-16-11-15-12-17(21)6-5-14(15)7-9-20(16,22)18-4-3-8-19(13,18)2/h10-11,13-14,17-18,21-22H,3-9,12H2,1-2H3/t13?,14?,17?,18?,19?,20-/m1/s1. The third kappa shape index (κ3) is 1.99. The highest BCUT2D eigenvalue weighted by Gasteiger charge is 2.56. The van der Waals surface area contributed by atoms with Crippen molar-refractivity contribution >= 4 is 0 Å². The summed E-state index contributed by atoms with van der Waals surface area (Å²) in [6.07, 6.45) is 13.0. The van der Waals surface area contributed by atoms with Crippen LogP contribution in [0.4, 0.5) is 0 Å². The van der Waals surface area contributed by atoms with Crippen LogP contribution in [0.1, 0.15) is 65.2 Å². The first-order chi connectivity index (χ1) is 10.4. The Hall–Kier alpha value is -0.600. The Morgan fingerprint density at radius 1 is 1.14 bits per heavy atom. The van der Waals surface area contributed by atoms with Gasteiger partial charge < -0.3 is 10.2 Å². The first kappa shape index (κ1) is 15.0. The topological polar surface area (TPSA) is 40.5 Å². The molecule has 0 aromatic heterocycles. The fourth-order valence-corrected chi connectivity index (χ4v) is 6.04. The first-order valence-electron chi connectivity index (χ1n) is 9.27. The molecule has 2 saturated carbocycles. The second kappa shape index (κ2) is 4.95. The lowest BCUT2D eigenvalue weighted by molar-refractivity contribution is -0.0583. The zero-order valence-electron chi connectivity index (χ0n) is 14.0. The molecule has 0 aromatic carbocycles. The molecule has 0 bridgehead atoms. The smallest absolute Gasteiger partial charge is 0.0927 e. The van der Waals surface area contributed by atoms with Crippen molar-refractivity contribution in [3.05, 3.63) is 23.3 Å². The lowest BCUT2D eigenvalue weighted by Crippen LogP contribution is -2.50. The van der Waals surface area contributed by atoms with E-state index in [0.717, 1.165) is 32.1 Å². The Labute approximate surface area is 134 Å². The summed E-state index contributed by atoms with van der Waals surface area (Å²) in [4.78, 5) is 0. The molecule has 4 aliphatic carbocycles. The number of rotatable bonds is 0. The van der Waals surface area contributed by atoms with Crippen molar-refractivity contribution in [2.24, 2.45) is 23.2 Å². The van der Waals surface area contributed by atoms with Crippen molar-refractivity contribution < 1.29 is 10.2 Å². The SMILES string of the molecule is CC1C=C2C=C3CC(O)CCC3CC[C@]2(O)C2CCCC12C. The van der Waals surface area contributed by atoms with Crippen LogP contribution in [0.25, 0.3) is 0 Å². The molecule has 0 aromatic rings. The predicted octanol–water partition coefficient (Wildman–Crippen LogP) is 3.98. The molecule has 0 heterocycles. The Kier molecular flexibility index (Phi) is 3.36. The number of aliphatic hydroxyl groups excluding tert-OH is 1. The number of fused-ring (bicyclic) bond motifs is 4. The van der Waals surface area contributed by atoms with Crippen molar-refractivity contribution in [2.45, 2.75) is 76.9 Å². The van der Waals surface area contributed by atoms with Crippen molar-refractivity contribution in [1.82, 2.24) is 0 Å². The predicted molar refractivity (Wildman–Crippen MR) is 88.3 cm³/mol. The zero-order valence-corrected chi connectivity index (χ0v) is 14.0. The van der Waals surface area contributed by atoms with Gasteiger partial charge in [-0.2, -0.15) is 0 Å². The van der Waals surface area contributed by atoms with Gasteiger partial charge in [-0.1, -0.05) is 38.0 Å². The van der Waals surface area contributed by atoms with E-state index < -0.39 is 5.60 Å². The zero-order chi connectivity index (χ0) is 15.5. The molecule has 0 radical (unpaired) electrons. The van der Waals surface area contributed by atoms with Gasteiger partial charge in [0.1, 0.15) is 0 Å². The minimum Gasteiger partial charge on any atom is -0.393 e. The molecule has 0 amide bonds. The van der Waals surface area contributed by atoms with E-state index in [4.69, 9.17) is 0 Å². The third-order valence-electron chi connectivity index (χ3n) is 7.61. The highest BCUT2D eigenvalue weighted by Crippen LogP contribution is 2.60. The van der Waals surface area contributed by atoms with Crippen molar-refractivity contribution in [2.75, 3.05) is 0 Å². The maximum absolute atomic E-state index is 11.7. The fraction of sp³-hybridized carbons (Fsp3) is 0.800. The molecule has 0 spiro atoms. The monoisotopic (exact) mass is 302 g/mol. The van der Waals surface area contributed by atoms with E-state index in [-0.39, 0.29) is 11.5 Å². The third-order valence-corrected chi connectivity index (χ3v) is 7.61. The lowest BCUT2D eigenvalue weighted by Gasteiger charge is -2.50. The van der Waals surface area contributed by atoms with Crippen molar-refractivity contribution in [3.63, 3.8) is 0 Å². The molecule has 2 heteroatoms. The number of aliphatic hydroxyl groups is 2. The summed E-state index contributed by atoms with van der Waals surface area (Å²) in [5.74, 6) is 1.54. The summed E-state index contributed by atoms with van der Waals surface area (Å²) in [6, 6.07) is 0. The van der Waals surface area contributed by atoms with Gasteiger partial charge in [-0.05, 0) is 73.7 Å². The molecule has 2 N–H and O–H groups in total. The second-order valence-corrected chi connectivity index (χ2v) is 8.68. The molecule has 5 unspecified atom stereocenters. The molecule has 0 saturated heterocycles. The Bertz CT molecular complexity index is 534. The van der Waals surface area contributed by atoms with E-state index in [2.05, 4.69) is 26.0 Å². The molecule has 6 atom stereocenters. The highest BCUT2D eigenvalue weighted by atomic mass is 16.3. The van der Waals surface area contributed by atoms with Crippen LogP contribution < -0.4 is 0 Å². The van der Waals surface area contributed by atoms with Gasteiger partial charge in [0.15, 0.2) is 0 Å². The Balaban J connectivity index is 1.77. The quantitative estimate of drug-likeness (QED) is 0.710. The average molecular weight is 302 g/mol. The molecule has 4 rings (SSSR count). The van der Waals surface area contributed by atoms with Crippen LogP contribution in [0.3, 0.4) is 0 Å². The molecular formula is C20H30O2. The van der Waals surface area contributed by atoms with E-state index in [0.29, 0.717) is 17.8 Å². The molecule has 4 aliphatic rings. The number of allylic oxidation sites excluding steroid dienone is 1. The first-order valence-corrected chi connectivity index (χ1v) is 9.27. The van der Waals surface area contributed by atoms with Gasteiger partial charge in [0.05, 0.1) is 11.7 Å². The molecule has 122 valence electrons. The van der Waals surface area contributed by atoms with Gasteiger partial charge in [0.2, 0.25) is 0 Å². The fourth-order valence-electron chi connectivity index (χ4n) is 6.04. The highest BCUT2D eigenvalue weighted by molar-refractivity contribution is 5.40. The van der Waals surface area contributed by atoms with Gasteiger partial charge in [-0.3, -0.25) is 0 Å². The Morgan fingerprint density at radius 3 is 2.77 bits per heavy atom. The molecule has 2 nitrogen and oxygen atoms in total. The van der Waals surface area contributed by atoms with Crippen LogP contribution >= 0.6 is 0 Å². The minimum atomic E-state index is -0.618. The van der Waals surface area contributed by atoms with Gasteiger partial charge in [-0.15, -0.1) is 0 Å². The van der Waals surface area contributed by atoms with E-state index in [1.165, 1.54) is 30.4 Å². The minimum absolute atomic E-state index is 0.174. The largest absolute Gasteiger partial charge is 0.393 e. The van der Waals surface area contributed by atoms with Gasteiger partial charge in [0.25, 0.3) is 0 Å². The molecular weight excluding hydrogens is 272 g/mol. The van der Waals surface area contributed by atoms with Crippen molar-refractivity contribution in [3.8, 4) is 0 Å². The van der Waals surface area contributed by atoms with Gasteiger partial charge >= 0.3 is 0 Å². The van der Waals surface area contributed by atoms with E-state index in [1.807, 2.05) is 0 Å². The normalized spacial score (nSPS) is 51.1. The molecule has 0 aliphatic heterocycles. The maximum atomic E-state index is 11.7. The van der Waals surface area contributed by atoms with Crippen molar-refractivity contribution in [1.29, 1.82) is 0 Å². The summed E-state index contributed by atoms with van der Waals surface area (Å²) in [5.41, 5.74) is 2.23. The molecule has 22 heavy (non-hydrogen) atoms. The van der Waals surface area contributed by atoms with E-state index in [9.17, 15) is 10.2 Å². The lowest BCUT2D eigenvalue weighted by atomic mass is 9.57. The van der Waals surface area contributed by atoms with E-state index in [1.54, 1.807) is 0 Å². The van der Waals surface area contributed by atoms with Crippen LogP contribution in [-0.2, 0) is 0 Å². The van der Waals surface area contributed by atoms with Crippen LogP contribution in [0.2, 0.25) is 0 Å². The molecule has 2 fully saturated rings. The Morgan fingerprint density at radius 2 is 1.95 bits per heavy atom. The summed E-state index contributed by atoms with van der Waals surface area (Å²) in [6.45, 7) is 4.73. The summed E-state index contributed by atoms with van der Waals surface area (Å²) in [5, 5.41) is 21.7. The summed E-state index contributed by atoms with van der Waals surface area (Å²) in [7, 11) is 0. The maximum Gasteiger partial charge on any atom is 0.0927 e. The van der Waals surface area contributed by atoms with Gasteiger partial charge in [0, 0.05) is 0 Å². The van der Waals surface area contributed by atoms with E-state index >= 15 is 0 Å². The number of hydrogen-bond acceptors (Lipinski definition) is 2. The second-order valence-electron chi connectivity index (χ2n) is 8.68.